The summed E-state index contributed by atoms with van der Waals surface area (Å²) in [5, 5.41) is 6.04. The third-order valence-corrected chi connectivity index (χ3v) is 5.52. The predicted molar refractivity (Wildman–Crippen MR) is 118 cm³/mol. The third kappa shape index (κ3) is 6.75. The molecule has 2 atom stereocenters. The third-order valence-electron chi connectivity index (χ3n) is 5.22. The lowest BCUT2D eigenvalue weighted by Crippen LogP contribution is -2.47. The van der Waals surface area contributed by atoms with E-state index in [1.165, 1.54) is 6.20 Å². The van der Waals surface area contributed by atoms with Gasteiger partial charge in [-0.25, -0.2) is 4.98 Å². The predicted octanol–water partition coefficient (Wildman–Crippen LogP) is 3.10. The Morgan fingerprint density at radius 2 is 1.81 bits per heavy atom. The molecule has 2 amide bonds. The van der Waals surface area contributed by atoms with Crippen LogP contribution < -0.4 is 10.6 Å². The Labute approximate surface area is 187 Å². The van der Waals surface area contributed by atoms with E-state index in [1.807, 2.05) is 32.0 Å². The maximum atomic E-state index is 12.6. The lowest BCUT2D eigenvalue weighted by Gasteiger charge is -2.37. The highest BCUT2D eigenvalue weighted by atomic mass is 35.5. The lowest BCUT2D eigenvalue weighted by atomic mass is 9.88. The van der Waals surface area contributed by atoms with Gasteiger partial charge < -0.3 is 20.1 Å². The van der Waals surface area contributed by atoms with Crippen molar-refractivity contribution in [3.05, 3.63) is 64.9 Å². The SMILES string of the molecule is CC1(C)C[C@@H](CNC(=O)c2ccccc2)[C@@H](CNC(=O)c2cccnc2Cl)OCCO1. The summed E-state index contributed by atoms with van der Waals surface area (Å²) in [4.78, 5) is 29.0. The molecule has 1 aromatic heterocycles. The fourth-order valence-corrected chi connectivity index (χ4v) is 3.87. The minimum absolute atomic E-state index is 0.0624. The summed E-state index contributed by atoms with van der Waals surface area (Å²) in [6, 6.07) is 12.3. The highest BCUT2D eigenvalue weighted by molar-refractivity contribution is 6.32. The van der Waals surface area contributed by atoms with Crippen molar-refractivity contribution in [2.24, 2.45) is 5.92 Å². The zero-order valence-electron chi connectivity index (χ0n) is 17.8. The second-order valence-electron chi connectivity index (χ2n) is 8.11. The summed E-state index contributed by atoms with van der Waals surface area (Å²) in [6.45, 7) is 5.60. The second kappa shape index (κ2) is 10.7. The summed E-state index contributed by atoms with van der Waals surface area (Å²) in [7, 11) is 0. The van der Waals surface area contributed by atoms with Crippen LogP contribution in [0.4, 0.5) is 0 Å². The Bertz CT molecular complexity index is 891. The second-order valence-corrected chi connectivity index (χ2v) is 8.47. The molecule has 0 bridgehead atoms. The number of carbonyl (C=O) groups excluding carboxylic acids is 2. The van der Waals surface area contributed by atoms with Crippen molar-refractivity contribution in [3.8, 4) is 0 Å². The first-order valence-electron chi connectivity index (χ1n) is 10.3. The van der Waals surface area contributed by atoms with Crippen LogP contribution in [0.25, 0.3) is 0 Å². The molecule has 0 aliphatic carbocycles. The van der Waals surface area contributed by atoms with E-state index in [-0.39, 0.29) is 41.1 Å². The van der Waals surface area contributed by atoms with E-state index in [9.17, 15) is 9.59 Å². The fraction of sp³-hybridized carbons (Fsp3) is 0.435. The first-order valence-corrected chi connectivity index (χ1v) is 10.7. The van der Waals surface area contributed by atoms with Gasteiger partial charge in [0.05, 0.1) is 30.5 Å². The minimum Gasteiger partial charge on any atom is -0.374 e. The lowest BCUT2D eigenvalue weighted by molar-refractivity contribution is -0.115. The van der Waals surface area contributed by atoms with Gasteiger partial charge >= 0.3 is 0 Å². The Morgan fingerprint density at radius 3 is 2.55 bits per heavy atom. The molecule has 0 spiro atoms. The number of nitrogens with one attached hydrogen (secondary N) is 2. The number of benzene rings is 1. The average molecular weight is 446 g/mol. The molecular formula is C23H28ClN3O4. The zero-order chi connectivity index (χ0) is 22.3. The first kappa shape index (κ1) is 23.2. The van der Waals surface area contributed by atoms with Gasteiger partial charge in [-0.1, -0.05) is 29.8 Å². The van der Waals surface area contributed by atoms with Crippen LogP contribution in [-0.2, 0) is 9.47 Å². The molecule has 166 valence electrons. The van der Waals surface area contributed by atoms with E-state index in [2.05, 4.69) is 15.6 Å². The maximum absolute atomic E-state index is 12.6. The van der Waals surface area contributed by atoms with E-state index in [0.717, 1.165) is 0 Å². The smallest absolute Gasteiger partial charge is 0.254 e. The highest BCUT2D eigenvalue weighted by Gasteiger charge is 2.33. The summed E-state index contributed by atoms with van der Waals surface area (Å²) >= 11 is 6.03. The Balaban J connectivity index is 1.67. The van der Waals surface area contributed by atoms with Crippen molar-refractivity contribution in [2.75, 3.05) is 26.3 Å². The van der Waals surface area contributed by atoms with E-state index < -0.39 is 0 Å². The molecule has 0 radical (unpaired) electrons. The topological polar surface area (TPSA) is 89.6 Å². The molecule has 0 unspecified atom stereocenters. The number of rotatable bonds is 6. The number of carbonyl (C=O) groups is 2. The number of aromatic nitrogens is 1. The van der Waals surface area contributed by atoms with Crippen LogP contribution in [-0.4, -0.2) is 54.8 Å². The highest BCUT2D eigenvalue weighted by Crippen LogP contribution is 2.26. The van der Waals surface area contributed by atoms with Crippen LogP contribution in [0, 0.1) is 5.92 Å². The largest absolute Gasteiger partial charge is 0.374 e. The van der Waals surface area contributed by atoms with Crippen molar-refractivity contribution in [3.63, 3.8) is 0 Å². The molecule has 31 heavy (non-hydrogen) atoms. The van der Waals surface area contributed by atoms with Gasteiger partial charge in [0.2, 0.25) is 0 Å². The molecule has 1 aliphatic rings. The molecule has 3 rings (SSSR count). The first-order chi connectivity index (χ1) is 14.9. The van der Waals surface area contributed by atoms with Gasteiger partial charge in [-0.15, -0.1) is 0 Å². The summed E-state index contributed by atoms with van der Waals surface area (Å²) in [6.07, 6.45) is 1.90. The van der Waals surface area contributed by atoms with Crippen LogP contribution >= 0.6 is 11.6 Å². The number of hydrogen-bond donors (Lipinski definition) is 2. The van der Waals surface area contributed by atoms with Crippen LogP contribution in [0.2, 0.25) is 5.15 Å². The zero-order valence-corrected chi connectivity index (χ0v) is 18.5. The summed E-state index contributed by atoms with van der Waals surface area (Å²) in [5.74, 6) is -0.523. The van der Waals surface area contributed by atoms with Crippen LogP contribution in [0.3, 0.4) is 0 Å². The van der Waals surface area contributed by atoms with Crippen molar-refractivity contribution >= 4 is 23.4 Å². The van der Waals surface area contributed by atoms with Gasteiger partial charge in [0, 0.05) is 30.8 Å². The average Bonchev–Trinajstić information content (AvgIpc) is 2.75. The van der Waals surface area contributed by atoms with Gasteiger partial charge in [-0.2, -0.15) is 0 Å². The number of hydrogen-bond acceptors (Lipinski definition) is 5. The van der Waals surface area contributed by atoms with Crippen molar-refractivity contribution in [1.29, 1.82) is 0 Å². The summed E-state index contributed by atoms with van der Waals surface area (Å²) in [5.41, 5.74) is 0.536. The van der Waals surface area contributed by atoms with Crippen molar-refractivity contribution in [1.82, 2.24) is 15.6 Å². The fourth-order valence-electron chi connectivity index (χ4n) is 3.66. The molecule has 2 aromatic rings. The maximum Gasteiger partial charge on any atom is 0.254 e. The van der Waals surface area contributed by atoms with Crippen LogP contribution in [0.15, 0.2) is 48.7 Å². The molecule has 8 heteroatoms. The Morgan fingerprint density at radius 1 is 1.06 bits per heavy atom. The van der Waals surface area contributed by atoms with Crippen molar-refractivity contribution in [2.45, 2.75) is 32.0 Å². The van der Waals surface area contributed by atoms with E-state index in [0.29, 0.717) is 37.3 Å². The van der Waals surface area contributed by atoms with Crippen LogP contribution in [0.5, 0.6) is 0 Å². The molecule has 1 saturated heterocycles. The van der Waals surface area contributed by atoms with Crippen LogP contribution in [0.1, 0.15) is 41.0 Å². The van der Waals surface area contributed by atoms with E-state index in [1.54, 1.807) is 24.3 Å². The molecule has 1 fully saturated rings. The molecule has 1 aromatic carbocycles. The van der Waals surface area contributed by atoms with E-state index in [4.69, 9.17) is 21.1 Å². The van der Waals surface area contributed by atoms with Crippen molar-refractivity contribution < 1.29 is 19.1 Å². The molecule has 2 N–H and O–H groups in total. The van der Waals surface area contributed by atoms with Gasteiger partial charge in [0.1, 0.15) is 5.15 Å². The number of nitrogens with zero attached hydrogens (tertiary/aromatic N) is 1. The summed E-state index contributed by atoms with van der Waals surface area (Å²) < 4.78 is 11.9. The molecular weight excluding hydrogens is 418 g/mol. The molecule has 1 aliphatic heterocycles. The number of halogens is 1. The normalized spacial score (nSPS) is 20.9. The molecule has 0 saturated carbocycles. The number of amides is 2. The van der Waals surface area contributed by atoms with Gasteiger partial charge in [0.25, 0.3) is 11.8 Å². The van der Waals surface area contributed by atoms with Gasteiger partial charge in [0.15, 0.2) is 0 Å². The number of ether oxygens (including phenoxy) is 2. The monoisotopic (exact) mass is 445 g/mol. The Hall–Kier alpha value is -2.48. The standard InChI is InChI=1S/C23H28ClN3O4/c1-23(2)13-17(14-26-21(28)16-7-4-3-5-8-16)19(30-11-12-31-23)15-27-22(29)18-9-6-10-25-20(18)24/h3-10,17,19H,11-15H2,1-2H3,(H,26,28)(H,27,29)/t17-,19+/m0/s1. The van der Waals surface area contributed by atoms with Gasteiger partial charge in [-0.05, 0) is 44.5 Å². The van der Waals surface area contributed by atoms with E-state index >= 15 is 0 Å². The Kier molecular flexibility index (Phi) is 8.01. The quantitative estimate of drug-likeness (QED) is 0.667. The number of pyridine rings is 1. The van der Waals surface area contributed by atoms with Gasteiger partial charge in [-0.3, -0.25) is 9.59 Å². The molecule has 7 nitrogen and oxygen atoms in total. The minimum atomic E-state index is -0.374. The molecule has 2 heterocycles.